The molecule has 0 atom stereocenters. The molecule has 0 spiro atoms. The van der Waals surface area contributed by atoms with Crippen LogP contribution in [-0.2, 0) is 20.4 Å². The van der Waals surface area contributed by atoms with Crippen LogP contribution in [0.2, 0.25) is 0 Å². The molecule has 0 bridgehead atoms. The van der Waals surface area contributed by atoms with E-state index in [1.165, 1.54) is 19.3 Å². The maximum Gasteiger partial charge on any atom is 0.315 e. The first-order chi connectivity index (χ1) is 13.4. The molecule has 2 rings (SSSR count). The number of carbonyl (C=O) groups is 2. The highest BCUT2D eigenvalue weighted by atomic mass is 16.5. The van der Waals surface area contributed by atoms with Crippen LogP contribution >= 0.6 is 0 Å². The van der Waals surface area contributed by atoms with E-state index in [1.54, 1.807) is 50.3 Å². The van der Waals surface area contributed by atoms with Gasteiger partial charge < -0.3 is 14.9 Å². The number of phenolic OH excluding ortho intramolecular Hbond substituents is 2. The van der Waals surface area contributed by atoms with Gasteiger partial charge in [0.1, 0.15) is 11.5 Å². The van der Waals surface area contributed by atoms with Crippen LogP contribution in [0.3, 0.4) is 0 Å². The van der Waals surface area contributed by atoms with Gasteiger partial charge >= 0.3 is 5.97 Å². The van der Waals surface area contributed by atoms with Crippen LogP contribution in [0.1, 0.15) is 61.7 Å². The number of esters is 1. The zero-order valence-electron chi connectivity index (χ0n) is 17.7. The Hall–Kier alpha value is -3.08. The summed E-state index contributed by atoms with van der Waals surface area (Å²) >= 11 is 0. The third-order valence-corrected chi connectivity index (χ3v) is 4.91. The second-order valence-electron chi connectivity index (χ2n) is 8.55. The summed E-state index contributed by atoms with van der Waals surface area (Å²) in [7, 11) is 1.31. The second-order valence-corrected chi connectivity index (χ2v) is 8.55. The Labute approximate surface area is 171 Å². The lowest BCUT2D eigenvalue weighted by molar-refractivity contribution is -0.146. The third kappa shape index (κ3) is 4.67. The van der Waals surface area contributed by atoms with Gasteiger partial charge in [0.25, 0.3) is 0 Å². The van der Waals surface area contributed by atoms with Crippen molar-refractivity contribution in [2.45, 2.75) is 45.4 Å². The minimum atomic E-state index is -1.08. The maximum absolute atomic E-state index is 12.5. The van der Waals surface area contributed by atoms with E-state index >= 15 is 0 Å². The summed E-state index contributed by atoms with van der Waals surface area (Å²) < 4.78 is 4.91. The van der Waals surface area contributed by atoms with Crippen LogP contribution in [0, 0.1) is 0 Å². The zero-order valence-corrected chi connectivity index (χ0v) is 17.7. The van der Waals surface area contributed by atoms with Gasteiger partial charge in [-0.05, 0) is 55.2 Å². The molecule has 0 saturated heterocycles. The standard InChI is InChI=1S/C24H28O5/c1-23(2,3)17-13-15(11-12-20(26)16-9-7-8-10-19(16)25)14-18(21(17)27)24(4,5)22(28)29-6/h7-14,25,27H,1-6H3/b12-11+. The van der Waals surface area contributed by atoms with Gasteiger partial charge in [0.05, 0.1) is 18.1 Å². The van der Waals surface area contributed by atoms with Gasteiger partial charge in [-0.3, -0.25) is 9.59 Å². The number of ketones is 1. The number of ether oxygens (including phenoxy) is 1. The highest BCUT2D eigenvalue weighted by molar-refractivity contribution is 6.08. The van der Waals surface area contributed by atoms with Gasteiger partial charge in [-0.15, -0.1) is 0 Å². The van der Waals surface area contributed by atoms with E-state index in [9.17, 15) is 19.8 Å². The molecule has 0 aliphatic heterocycles. The van der Waals surface area contributed by atoms with Crippen molar-refractivity contribution in [3.05, 3.63) is 64.7 Å². The van der Waals surface area contributed by atoms with E-state index in [1.807, 2.05) is 20.8 Å². The third-order valence-electron chi connectivity index (χ3n) is 4.91. The number of para-hydroxylation sites is 1. The highest BCUT2D eigenvalue weighted by Crippen LogP contribution is 2.40. The molecule has 0 saturated carbocycles. The monoisotopic (exact) mass is 396 g/mol. The molecule has 0 aliphatic rings. The Morgan fingerprint density at radius 1 is 0.966 bits per heavy atom. The molecular weight excluding hydrogens is 368 g/mol. The normalized spacial score (nSPS) is 12.2. The van der Waals surface area contributed by atoms with E-state index in [4.69, 9.17) is 4.74 Å². The summed E-state index contributed by atoms with van der Waals surface area (Å²) in [6.45, 7) is 9.23. The second kappa shape index (κ2) is 8.11. The van der Waals surface area contributed by atoms with Crippen LogP contribution in [0.5, 0.6) is 11.5 Å². The zero-order chi connectivity index (χ0) is 22.0. The van der Waals surface area contributed by atoms with Crippen molar-refractivity contribution in [1.29, 1.82) is 0 Å². The minimum Gasteiger partial charge on any atom is -0.507 e. The first-order valence-corrected chi connectivity index (χ1v) is 9.36. The number of hydrogen-bond donors (Lipinski definition) is 2. The fourth-order valence-corrected chi connectivity index (χ4v) is 3.11. The molecule has 29 heavy (non-hydrogen) atoms. The molecular formula is C24H28O5. The molecule has 2 aromatic rings. The summed E-state index contributed by atoms with van der Waals surface area (Å²) in [6.07, 6.45) is 2.98. The van der Waals surface area contributed by atoms with Crippen molar-refractivity contribution in [2.24, 2.45) is 0 Å². The first kappa shape index (κ1) is 22.2. The van der Waals surface area contributed by atoms with Crippen molar-refractivity contribution >= 4 is 17.8 Å². The summed E-state index contributed by atoms with van der Waals surface area (Å²) in [5, 5.41) is 20.8. The van der Waals surface area contributed by atoms with E-state index in [2.05, 4.69) is 0 Å². The van der Waals surface area contributed by atoms with Crippen LogP contribution in [0.4, 0.5) is 0 Å². The van der Waals surface area contributed by atoms with Gasteiger partial charge in [-0.2, -0.15) is 0 Å². The summed E-state index contributed by atoms with van der Waals surface area (Å²) in [4.78, 5) is 24.8. The van der Waals surface area contributed by atoms with Crippen LogP contribution < -0.4 is 0 Å². The molecule has 154 valence electrons. The molecule has 5 heteroatoms. The number of allylic oxidation sites excluding steroid dienone is 1. The van der Waals surface area contributed by atoms with Gasteiger partial charge in [0.15, 0.2) is 5.78 Å². The first-order valence-electron chi connectivity index (χ1n) is 9.36. The number of benzene rings is 2. The Balaban J connectivity index is 2.58. The van der Waals surface area contributed by atoms with Gasteiger partial charge in [0.2, 0.25) is 0 Å². The van der Waals surface area contributed by atoms with Crippen LogP contribution in [0.15, 0.2) is 42.5 Å². The van der Waals surface area contributed by atoms with E-state index in [0.717, 1.165) is 0 Å². The fourth-order valence-electron chi connectivity index (χ4n) is 3.11. The molecule has 0 amide bonds. The fraction of sp³-hybridized carbons (Fsp3) is 0.333. The predicted octanol–water partition coefficient (Wildman–Crippen LogP) is 4.74. The Morgan fingerprint density at radius 3 is 2.10 bits per heavy atom. The van der Waals surface area contributed by atoms with Gasteiger partial charge in [0, 0.05) is 11.1 Å². The van der Waals surface area contributed by atoms with Crippen molar-refractivity contribution in [2.75, 3.05) is 7.11 Å². The Kier molecular flexibility index (Phi) is 6.21. The number of methoxy groups -OCH3 is 1. The molecule has 5 nitrogen and oxygen atoms in total. The minimum absolute atomic E-state index is 0.0390. The number of carbonyl (C=O) groups excluding carboxylic acids is 2. The number of aromatic hydroxyl groups is 2. The largest absolute Gasteiger partial charge is 0.507 e. The van der Waals surface area contributed by atoms with Crippen molar-refractivity contribution < 1.29 is 24.5 Å². The topological polar surface area (TPSA) is 83.8 Å². The van der Waals surface area contributed by atoms with Crippen molar-refractivity contribution in [3.63, 3.8) is 0 Å². The average Bonchev–Trinajstić information content (AvgIpc) is 2.65. The van der Waals surface area contributed by atoms with Crippen LogP contribution in [0.25, 0.3) is 6.08 Å². The Morgan fingerprint density at radius 2 is 1.55 bits per heavy atom. The molecule has 0 unspecified atom stereocenters. The van der Waals surface area contributed by atoms with Crippen molar-refractivity contribution in [1.82, 2.24) is 0 Å². The highest BCUT2D eigenvalue weighted by Gasteiger charge is 2.36. The summed E-state index contributed by atoms with van der Waals surface area (Å²) in [5.74, 6) is -0.867. The molecule has 0 radical (unpaired) electrons. The van der Waals surface area contributed by atoms with E-state index in [0.29, 0.717) is 16.7 Å². The summed E-state index contributed by atoms with van der Waals surface area (Å²) in [5.41, 5.74) is 0.464. The molecule has 0 aliphatic carbocycles. The molecule has 0 heterocycles. The van der Waals surface area contributed by atoms with E-state index < -0.39 is 16.8 Å². The average molecular weight is 396 g/mol. The van der Waals surface area contributed by atoms with Crippen LogP contribution in [-0.4, -0.2) is 29.1 Å². The molecule has 0 aromatic heterocycles. The predicted molar refractivity (Wildman–Crippen MR) is 113 cm³/mol. The van der Waals surface area contributed by atoms with Gasteiger partial charge in [-0.1, -0.05) is 39.0 Å². The molecule has 0 fully saturated rings. The number of rotatable bonds is 5. The number of phenols is 2. The quantitative estimate of drug-likeness (QED) is 0.433. The lowest BCUT2D eigenvalue weighted by Gasteiger charge is -2.28. The Bertz CT molecular complexity index is 962. The lowest BCUT2D eigenvalue weighted by Crippen LogP contribution is -2.31. The SMILES string of the molecule is COC(=O)C(C)(C)c1cc(/C=C/C(=O)c2ccccc2O)cc(C(C)(C)C)c1O. The van der Waals surface area contributed by atoms with E-state index in [-0.39, 0.29) is 22.8 Å². The smallest absolute Gasteiger partial charge is 0.315 e. The summed E-state index contributed by atoms with van der Waals surface area (Å²) in [6, 6.07) is 9.79. The maximum atomic E-state index is 12.5. The number of hydrogen-bond acceptors (Lipinski definition) is 5. The molecule has 2 N–H and O–H groups in total. The lowest BCUT2D eigenvalue weighted by atomic mass is 9.77. The van der Waals surface area contributed by atoms with Crippen molar-refractivity contribution in [3.8, 4) is 11.5 Å². The molecule has 2 aromatic carbocycles. The van der Waals surface area contributed by atoms with Gasteiger partial charge in [-0.25, -0.2) is 0 Å².